The molecule has 5 heteroatoms. The zero-order valence-electron chi connectivity index (χ0n) is 10.5. The molecule has 2 heterocycles. The molecule has 3 rings (SSSR count). The molecule has 0 saturated heterocycles. The van der Waals surface area contributed by atoms with Gasteiger partial charge in [-0.15, -0.1) is 11.3 Å². The van der Waals surface area contributed by atoms with Crippen molar-refractivity contribution in [2.75, 3.05) is 11.6 Å². The minimum Gasteiger partial charge on any atom is -0.366 e. The van der Waals surface area contributed by atoms with Crippen molar-refractivity contribution in [1.82, 2.24) is 9.97 Å². The number of aromatic nitrogens is 2. The van der Waals surface area contributed by atoms with E-state index in [1.165, 1.54) is 36.8 Å². The first-order chi connectivity index (χ1) is 8.86. The fraction of sp³-hybridized carbons (Fsp3) is 0.538. The normalized spacial score (nSPS) is 17.2. The molecule has 18 heavy (non-hydrogen) atoms. The molecule has 96 valence electrons. The third-order valence-electron chi connectivity index (χ3n) is 3.41. The topological polar surface area (TPSA) is 37.8 Å². The predicted molar refractivity (Wildman–Crippen MR) is 79.7 cm³/mol. The van der Waals surface area contributed by atoms with Crippen molar-refractivity contribution < 1.29 is 0 Å². The van der Waals surface area contributed by atoms with Crippen molar-refractivity contribution >= 4 is 39.1 Å². The lowest BCUT2D eigenvalue weighted by molar-refractivity contribution is 0.462. The van der Waals surface area contributed by atoms with E-state index in [-0.39, 0.29) is 0 Å². The summed E-state index contributed by atoms with van der Waals surface area (Å²) >= 11 is 3.33. The van der Waals surface area contributed by atoms with Crippen LogP contribution < -0.4 is 5.32 Å². The molecular weight excluding hydrogens is 262 g/mol. The van der Waals surface area contributed by atoms with Crippen LogP contribution in [-0.4, -0.2) is 22.3 Å². The van der Waals surface area contributed by atoms with Crippen LogP contribution in [0.5, 0.6) is 0 Å². The average Bonchev–Trinajstić information content (AvgIpc) is 2.88. The summed E-state index contributed by atoms with van der Waals surface area (Å²) in [5, 5.41) is 6.58. The summed E-state index contributed by atoms with van der Waals surface area (Å²) in [6, 6.07) is 2.67. The number of nitrogens with one attached hydrogen (secondary N) is 1. The Labute approximate surface area is 115 Å². The van der Waals surface area contributed by atoms with Gasteiger partial charge in [0.05, 0.1) is 10.2 Å². The average molecular weight is 279 g/mol. The quantitative estimate of drug-likeness (QED) is 0.676. The first-order valence-electron chi connectivity index (χ1n) is 6.42. The van der Waals surface area contributed by atoms with E-state index in [1.807, 2.05) is 6.26 Å². The van der Waals surface area contributed by atoms with E-state index in [0.29, 0.717) is 6.04 Å². The van der Waals surface area contributed by atoms with E-state index in [1.54, 1.807) is 23.1 Å². The maximum atomic E-state index is 4.64. The van der Waals surface area contributed by atoms with Crippen LogP contribution in [0.25, 0.3) is 10.2 Å². The van der Waals surface area contributed by atoms with Crippen LogP contribution in [0.4, 0.5) is 5.82 Å². The third kappa shape index (κ3) is 2.47. The van der Waals surface area contributed by atoms with Gasteiger partial charge >= 0.3 is 0 Å². The Kier molecular flexibility index (Phi) is 3.70. The number of nitrogens with zero attached hydrogens (tertiary/aromatic N) is 2. The molecule has 1 aliphatic rings. The first-order valence-corrected chi connectivity index (χ1v) is 8.53. The summed E-state index contributed by atoms with van der Waals surface area (Å²) in [5.74, 6) is 1.03. The number of hydrogen-bond donors (Lipinski definition) is 1. The van der Waals surface area contributed by atoms with Gasteiger partial charge in [0, 0.05) is 6.04 Å². The van der Waals surface area contributed by atoms with E-state index >= 15 is 0 Å². The van der Waals surface area contributed by atoms with E-state index in [9.17, 15) is 0 Å². The molecule has 0 bridgehead atoms. The van der Waals surface area contributed by atoms with Gasteiger partial charge in [-0.25, -0.2) is 9.97 Å². The lowest BCUT2D eigenvalue weighted by Crippen LogP contribution is -2.23. The zero-order chi connectivity index (χ0) is 12.4. The molecule has 0 aromatic carbocycles. The summed E-state index contributed by atoms with van der Waals surface area (Å²) in [6.07, 6.45) is 8.62. The van der Waals surface area contributed by atoms with E-state index in [4.69, 9.17) is 0 Å². The molecule has 0 unspecified atom stereocenters. The van der Waals surface area contributed by atoms with Gasteiger partial charge in [0.1, 0.15) is 5.82 Å². The van der Waals surface area contributed by atoms with E-state index < -0.39 is 0 Å². The third-order valence-corrected chi connectivity index (χ3v) is 4.87. The molecular formula is C13H17N3S2. The smallest absolute Gasteiger partial charge is 0.189 e. The summed E-state index contributed by atoms with van der Waals surface area (Å²) in [6.45, 7) is 0. The lowest BCUT2D eigenvalue weighted by Gasteiger charge is -2.23. The van der Waals surface area contributed by atoms with Crippen LogP contribution in [0.1, 0.15) is 32.1 Å². The van der Waals surface area contributed by atoms with Crippen molar-refractivity contribution in [2.24, 2.45) is 0 Å². The first kappa shape index (κ1) is 12.2. The van der Waals surface area contributed by atoms with Gasteiger partial charge in [0.15, 0.2) is 5.16 Å². The van der Waals surface area contributed by atoms with Gasteiger partial charge in [-0.1, -0.05) is 31.0 Å². The number of thioether (sulfide) groups is 1. The van der Waals surface area contributed by atoms with Crippen molar-refractivity contribution in [2.45, 2.75) is 43.3 Å². The van der Waals surface area contributed by atoms with Crippen LogP contribution >= 0.6 is 23.1 Å². The molecule has 1 fully saturated rings. The summed E-state index contributed by atoms with van der Waals surface area (Å²) in [7, 11) is 0. The second-order valence-electron chi connectivity index (χ2n) is 4.67. The molecule has 2 aromatic rings. The second-order valence-corrected chi connectivity index (χ2v) is 6.36. The lowest BCUT2D eigenvalue weighted by atomic mass is 9.95. The van der Waals surface area contributed by atoms with Crippen LogP contribution in [-0.2, 0) is 0 Å². The van der Waals surface area contributed by atoms with E-state index in [0.717, 1.165) is 16.5 Å². The standard InChI is InChI=1S/C13H17N3S2/c1-17-13-15-10-7-8-18-11(10)12(16-13)14-9-5-3-2-4-6-9/h7-9H,2-6H2,1H3,(H,14,15,16). The molecule has 0 radical (unpaired) electrons. The summed E-state index contributed by atoms with van der Waals surface area (Å²) in [4.78, 5) is 9.17. The molecule has 0 spiro atoms. The van der Waals surface area contributed by atoms with Crippen molar-refractivity contribution in [1.29, 1.82) is 0 Å². The minimum absolute atomic E-state index is 0.591. The highest BCUT2D eigenvalue weighted by atomic mass is 32.2. The molecule has 0 atom stereocenters. The van der Waals surface area contributed by atoms with Crippen molar-refractivity contribution in [3.05, 3.63) is 11.4 Å². The summed E-state index contributed by atoms with van der Waals surface area (Å²) < 4.78 is 1.19. The molecule has 0 amide bonds. The summed E-state index contributed by atoms with van der Waals surface area (Å²) in [5.41, 5.74) is 1.07. The Balaban J connectivity index is 1.91. The monoisotopic (exact) mass is 279 g/mol. The van der Waals surface area contributed by atoms with Crippen LogP contribution in [0.2, 0.25) is 0 Å². The number of thiophene rings is 1. The van der Waals surface area contributed by atoms with Crippen LogP contribution in [0, 0.1) is 0 Å². The Morgan fingerprint density at radius 1 is 1.28 bits per heavy atom. The van der Waals surface area contributed by atoms with Gasteiger partial charge in [-0.3, -0.25) is 0 Å². The fourth-order valence-electron chi connectivity index (χ4n) is 2.47. The molecule has 1 saturated carbocycles. The molecule has 1 aliphatic carbocycles. The van der Waals surface area contributed by atoms with Gasteiger partial charge < -0.3 is 5.32 Å². The fourth-order valence-corrected chi connectivity index (χ4v) is 3.63. The zero-order valence-corrected chi connectivity index (χ0v) is 12.1. The van der Waals surface area contributed by atoms with Crippen molar-refractivity contribution in [3.63, 3.8) is 0 Å². The number of anilines is 1. The van der Waals surface area contributed by atoms with Gasteiger partial charge in [0.2, 0.25) is 0 Å². The second kappa shape index (κ2) is 5.45. The van der Waals surface area contributed by atoms with Gasteiger partial charge in [-0.05, 0) is 30.5 Å². The highest BCUT2D eigenvalue weighted by molar-refractivity contribution is 7.98. The molecule has 3 nitrogen and oxygen atoms in total. The minimum atomic E-state index is 0.591. The number of fused-ring (bicyclic) bond motifs is 1. The molecule has 2 aromatic heterocycles. The molecule has 0 aliphatic heterocycles. The number of rotatable bonds is 3. The van der Waals surface area contributed by atoms with Crippen LogP contribution in [0.3, 0.4) is 0 Å². The Morgan fingerprint density at radius 2 is 2.11 bits per heavy atom. The maximum absolute atomic E-state index is 4.64. The largest absolute Gasteiger partial charge is 0.366 e. The van der Waals surface area contributed by atoms with Crippen molar-refractivity contribution in [3.8, 4) is 0 Å². The Hall–Kier alpha value is -0.810. The molecule has 1 N–H and O–H groups in total. The SMILES string of the molecule is CSc1nc(NC2CCCCC2)c2sccc2n1. The predicted octanol–water partition coefficient (Wildman–Crippen LogP) is 4.16. The Bertz CT molecular complexity index is 532. The van der Waals surface area contributed by atoms with Crippen LogP contribution in [0.15, 0.2) is 16.6 Å². The van der Waals surface area contributed by atoms with Gasteiger partial charge in [-0.2, -0.15) is 0 Å². The number of hydrogen-bond acceptors (Lipinski definition) is 5. The highest BCUT2D eigenvalue weighted by Gasteiger charge is 2.16. The highest BCUT2D eigenvalue weighted by Crippen LogP contribution is 2.30. The maximum Gasteiger partial charge on any atom is 0.189 e. The Morgan fingerprint density at radius 3 is 2.89 bits per heavy atom. The van der Waals surface area contributed by atoms with E-state index in [2.05, 4.69) is 26.7 Å². The van der Waals surface area contributed by atoms with Gasteiger partial charge in [0.25, 0.3) is 0 Å².